The number of carbonyl (C=O) groups is 2. The standard InChI is InChI=1S/C21H21NO3/c1-2-8-17(23)14-16(13-15-9-4-3-5-10-15)22-20(24)18-11-6-7-12-19(18)21(22)25/h2-7,9-12,16-17,23H,1,8,13-14H2/t16-,17+/m0/s1. The van der Waals surface area contributed by atoms with Crippen LogP contribution in [0.1, 0.15) is 39.1 Å². The summed E-state index contributed by atoms with van der Waals surface area (Å²) in [4.78, 5) is 26.9. The Labute approximate surface area is 147 Å². The van der Waals surface area contributed by atoms with Gasteiger partial charge in [0.2, 0.25) is 0 Å². The lowest BCUT2D eigenvalue weighted by molar-refractivity contribution is 0.0516. The molecule has 0 aliphatic carbocycles. The quantitative estimate of drug-likeness (QED) is 0.624. The van der Waals surface area contributed by atoms with Gasteiger partial charge < -0.3 is 5.11 Å². The summed E-state index contributed by atoms with van der Waals surface area (Å²) in [7, 11) is 0. The molecule has 0 bridgehead atoms. The highest BCUT2D eigenvalue weighted by Gasteiger charge is 2.40. The zero-order chi connectivity index (χ0) is 17.8. The Morgan fingerprint density at radius 1 is 0.960 bits per heavy atom. The van der Waals surface area contributed by atoms with Crippen molar-refractivity contribution in [3.8, 4) is 0 Å². The van der Waals surface area contributed by atoms with Gasteiger partial charge in [-0.1, -0.05) is 48.5 Å². The molecule has 0 saturated heterocycles. The highest BCUT2D eigenvalue weighted by Crippen LogP contribution is 2.28. The summed E-state index contributed by atoms with van der Waals surface area (Å²) >= 11 is 0. The van der Waals surface area contributed by atoms with Crippen LogP contribution in [0.3, 0.4) is 0 Å². The Morgan fingerprint density at radius 2 is 1.52 bits per heavy atom. The normalized spacial score (nSPS) is 15.8. The predicted octanol–water partition coefficient (Wildman–Crippen LogP) is 3.22. The fraction of sp³-hybridized carbons (Fsp3) is 0.238. The van der Waals surface area contributed by atoms with Crippen LogP contribution < -0.4 is 0 Å². The number of hydrogen-bond acceptors (Lipinski definition) is 3. The van der Waals surface area contributed by atoms with E-state index < -0.39 is 12.1 Å². The fourth-order valence-corrected chi connectivity index (χ4v) is 3.31. The number of carbonyl (C=O) groups excluding carboxylic acids is 2. The number of hydrogen-bond donors (Lipinski definition) is 1. The number of aliphatic hydroxyl groups excluding tert-OH is 1. The minimum Gasteiger partial charge on any atom is -0.393 e. The molecule has 25 heavy (non-hydrogen) atoms. The number of amides is 2. The summed E-state index contributed by atoms with van der Waals surface area (Å²) in [5.74, 6) is -0.570. The maximum absolute atomic E-state index is 12.8. The molecule has 4 heteroatoms. The number of benzene rings is 2. The molecule has 2 aromatic rings. The summed E-state index contributed by atoms with van der Waals surface area (Å²) in [5, 5.41) is 10.2. The molecule has 0 spiro atoms. The Morgan fingerprint density at radius 3 is 2.08 bits per heavy atom. The number of nitrogens with zero attached hydrogens (tertiary/aromatic N) is 1. The molecule has 0 fully saturated rings. The summed E-state index contributed by atoms with van der Waals surface area (Å²) < 4.78 is 0. The summed E-state index contributed by atoms with van der Waals surface area (Å²) in [6, 6.07) is 16.2. The zero-order valence-electron chi connectivity index (χ0n) is 14.0. The fourth-order valence-electron chi connectivity index (χ4n) is 3.31. The van der Waals surface area contributed by atoms with E-state index in [9.17, 15) is 14.7 Å². The number of aliphatic hydroxyl groups is 1. The van der Waals surface area contributed by atoms with Gasteiger partial charge in [-0.2, -0.15) is 0 Å². The number of rotatable bonds is 7. The first-order valence-corrected chi connectivity index (χ1v) is 8.41. The average molecular weight is 335 g/mol. The van der Waals surface area contributed by atoms with Crippen molar-refractivity contribution in [1.29, 1.82) is 0 Å². The van der Waals surface area contributed by atoms with Crippen LogP contribution in [-0.2, 0) is 6.42 Å². The molecule has 4 nitrogen and oxygen atoms in total. The molecule has 0 unspecified atom stereocenters. The third-order valence-electron chi connectivity index (χ3n) is 4.49. The van der Waals surface area contributed by atoms with E-state index in [1.807, 2.05) is 30.3 Å². The molecule has 1 aliphatic rings. The van der Waals surface area contributed by atoms with Crippen molar-refractivity contribution in [2.24, 2.45) is 0 Å². The zero-order valence-corrected chi connectivity index (χ0v) is 14.0. The van der Waals surface area contributed by atoms with E-state index in [-0.39, 0.29) is 11.8 Å². The van der Waals surface area contributed by atoms with Crippen LogP contribution in [0.15, 0.2) is 67.3 Å². The maximum Gasteiger partial charge on any atom is 0.261 e. The van der Waals surface area contributed by atoms with Crippen LogP contribution in [0, 0.1) is 0 Å². The molecular formula is C21H21NO3. The van der Waals surface area contributed by atoms with Crippen LogP contribution in [-0.4, -0.2) is 34.0 Å². The minimum absolute atomic E-state index is 0.285. The second kappa shape index (κ2) is 7.45. The minimum atomic E-state index is -0.643. The second-order valence-corrected chi connectivity index (χ2v) is 6.28. The Balaban J connectivity index is 1.90. The van der Waals surface area contributed by atoms with Crippen molar-refractivity contribution in [2.45, 2.75) is 31.4 Å². The Bertz CT molecular complexity index is 750. The molecule has 1 aliphatic heterocycles. The largest absolute Gasteiger partial charge is 0.393 e. The molecule has 0 radical (unpaired) electrons. The van der Waals surface area contributed by atoms with Gasteiger partial charge in [0.25, 0.3) is 11.8 Å². The SMILES string of the molecule is C=CC[C@@H](O)C[C@H](Cc1ccccc1)N1C(=O)c2ccccc2C1=O. The lowest BCUT2D eigenvalue weighted by Gasteiger charge is -2.28. The molecule has 128 valence electrons. The van der Waals surface area contributed by atoms with Crippen LogP contribution in [0.5, 0.6) is 0 Å². The van der Waals surface area contributed by atoms with Crippen LogP contribution in [0.25, 0.3) is 0 Å². The van der Waals surface area contributed by atoms with Crippen molar-refractivity contribution in [1.82, 2.24) is 4.90 Å². The Kier molecular flexibility index (Phi) is 5.10. The molecule has 1 heterocycles. The third-order valence-corrected chi connectivity index (χ3v) is 4.49. The van der Waals surface area contributed by atoms with E-state index in [1.54, 1.807) is 30.3 Å². The molecule has 2 atom stereocenters. The topological polar surface area (TPSA) is 57.6 Å². The monoisotopic (exact) mass is 335 g/mol. The summed E-state index contributed by atoms with van der Waals surface area (Å²) in [6.45, 7) is 3.64. The van der Waals surface area contributed by atoms with E-state index in [0.29, 0.717) is 30.4 Å². The average Bonchev–Trinajstić information content (AvgIpc) is 2.87. The van der Waals surface area contributed by atoms with Crippen molar-refractivity contribution in [3.63, 3.8) is 0 Å². The Hall–Kier alpha value is -2.72. The van der Waals surface area contributed by atoms with Crippen LogP contribution in [0.2, 0.25) is 0 Å². The molecular weight excluding hydrogens is 314 g/mol. The molecule has 2 aromatic carbocycles. The van der Waals surface area contributed by atoms with E-state index in [4.69, 9.17) is 0 Å². The smallest absolute Gasteiger partial charge is 0.261 e. The van der Waals surface area contributed by atoms with Crippen molar-refractivity contribution in [3.05, 3.63) is 83.9 Å². The van der Waals surface area contributed by atoms with Crippen molar-refractivity contribution in [2.75, 3.05) is 0 Å². The first-order valence-electron chi connectivity index (χ1n) is 8.41. The van der Waals surface area contributed by atoms with Crippen LogP contribution in [0.4, 0.5) is 0 Å². The van der Waals surface area contributed by atoms with E-state index >= 15 is 0 Å². The summed E-state index contributed by atoms with van der Waals surface area (Å²) in [5.41, 5.74) is 1.89. The highest BCUT2D eigenvalue weighted by atomic mass is 16.3. The van der Waals surface area contributed by atoms with Crippen molar-refractivity contribution >= 4 is 11.8 Å². The molecule has 2 amide bonds. The van der Waals surface area contributed by atoms with Gasteiger partial charge in [0, 0.05) is 6.04 Å². The summed E-state index contributed by atoms with van der Waals surface area (Å²) in [6.07, 6.45) is 2.27. The highest BCUT2D eigenvalue weighted by molar-refractivity contribution is 6.21. The molecule has 0 saturated carbocycles. The van der Waals surface area contributed by atoms with Gasteiger partial charge in [-0.05, 0) is 37.0 Å². The lowest BCUT2D eigenvalue weighted by Crippen LogP contribution is -2.43. The number of fused-ring (bicyclic) bond motifs is 1. The second-order valence-electron chi connectivity index (χ2n) is 6.28. The van der Waals surface area contributed by atoms with E-state index in [2.05, 4.69) is 6.58 Å². The molecule has 0 aromatic heterocycles. The van der Waals surface area contributed by atoms with Gasteiger partial charge in [-0.25, -0.2) is 0 Å². The predicted molar refractivity (Wildman–Crippen MR) is 96.3 cm³/mol. The maximum atomic E-state index is 12.8. The molecule has 1 N–H and O–H groups in total. The van der Waals surface area contributed by atoms with Gasteiger partial charge in [-0.15, -0.1) is 6.58 Å². The van der Waals surface area contributed by atoms with Gasteiger partial charge in [0.05, 0.1) is 17.2 Å². The van der Waals surface area contributed by atoms with E-state index in [0.717, 1.165) is 5.56 Å². The van der Waals surface area contributed by atoms with E-state index in [1.165, 1.54) is 4.90 Å². The van der Waals surface area contributed by atoms with Crippen LogP contribution >= 0.6 is 0 Å². The van der Waals surface area contributed by atoms with Crippen molar-refractivity contribution < 1.29 is 14.7 Å². The van der Waals surface area contributed by atoms with Gasteiger partial charge in [0.1, 0.15) is 0 Å². The first-order chi connectivity index (χ1) is 12.1. The lowest BCUT2D eigenvalue weighted by atomic mass is 9.97. The first kappa shape index (κ1) is 17.1. The molecule has 3 rings (SSSR count). The van der Waals surface area contributed by atoms with Gasteiger partial charge in [-0.3, -0.25) is 14.5 Å². The third kappa shape index (κ3) is 3.54. The van der Waals surface area contributed by atoms with Gasteiger partial charge in [0.15, 0.2) is 0 Å². The number of imide groups is 1. The van der Waals surface area contributed by atoms with Gasteiger partial charge >= 0.3 is 0 Å².